The lowest BCUT2D eigenvalue weighted by Crippen LogP contribution is -2.33. The standard InChI is InChI=1S/C15H20O3/c1-15(2,17-3)14(16)7-5-11-4-6-13-12(10-11)8-9-18-13/h4,6,10H,5,7-9H2,1-3H3. The fraction of sp³-hybridized carbons (Fsp3) is 0.533. The van der Waals surface area contributed by atoms with Gasteiger partial charge in [0, 0.05) is 20.0 Å². The summed E-state index contributed by atoms with van der Waals surface area (Å²) in [5.74, 6) is 1.13. The molecule has 1 aromatic carbocycles. The van der Waals surface area contributed by atoms with Gasteiger partial charge in [0.2, 0.25) is 0 Å². The number of hydrogen-bond donors (Lipinski definition) is 0. The van der Waals surface area contributed by atoms with Gasteiger partial charge in [-0.3, -0.25) is 4.79 Å². The normalized spacial score (nSPS) is 14.2. The van der Waals surface area contributed by atoms with Crippen molar-refractivity contribution in [3.05, 3.63) is 29.3 Å². The van der Waals surface area contributed by atoms with E-state index in [4.69, 9.17) is 9.47 Å². The maximum Gasteiger partial charge on any atom is 0.164 e. The SMILES string of the molecule is COC(C)(C)C(=O)CCc1ccc2c(c1)CCO2. The number of Topliss-reactive ketones (excluding diaryl/α,β-unsaturated/α-hetero) is 1. The predicted octanol–water partition coefficient (Wildman–Crippen LogP) is 2.55. The molecule has 2 rings (SSSR count). The highest BCUT2D eigenvalue weighted by atomic mass is 16.5. The number of carbonyl (C=O) groups is 1. The Bertz CT molecular complexity index is 449. The number of hydrogen-bond acceptors (Lipinski definition) is 3. The molecular weight excluding hydrogens is 228 g/mol. The second kappa shape index (κ2) is 5.11. The van der Waals surface area contributed by atoms with Crippen LogP contribution >= 0.6 is 0 Å². The smallest absolute Gasteiger partial charge is 0.164 e. The Kier molecular flexibility index (Phi) is 3.71. The summed E-state index contributed by atoms with van der Waals surface area (Å²) in [6.07, 6.45) is 2.25. The fourth-order valence-electron chi connectivity index (χ4n) is 2.07. The first-order valence-corrected chi connectivity index (χ1v) is 6.36. The molecule has 3 nitrogen and oxygen atoms in total. The number of carbonyl (C=O) groups excluding carboxylic acids is 1. The van der Waals surface area contributed by atoms with Gasteiger partial charge in [-0.2, -0.15) is 0 Å². The van der Waals surface area contributed by atoms with Crippen LogP contribution in [-0.2, 0) is 22.4 Å². The second-order valence-corrected chi connectivity index (χ2v) is 5.18. The summed E-state index contributed by atoms with van der Waals surface area (Å²) in [5.41, 5.74) is 1.77. The maximum atomic E-state index is 12.0. The highest BCUT2D eigenvalue weighted by Gasteiger charge is 2.26. The van der Waals surface area contributed by atoms with E-state index in [0.717, 1.165) is 25.2 Å². The average molecular weight is 248 g/mol. The van der Waals surface area contributed by atoms with Crippen molar-refractivity contribution in [2.24, 2.45) is 0 Å². The van der Waals surface area contributed by atoms with Gasteiger partial charge in [-0.1, -0.05) is 12.1 Å². The zero-order chi connectivity index (χ0) is 13.2. The van der Waals surface area contributed by atoms with Crippen LogP contribution in [0.2, 0.25) is 0 Å². The van der Waals surface area contributed by atoms with E-state index < -0.39 is 5.60 Å². The molecule has 0 aromatic heterocycles. The first kappa shape index (κ1) is 13.1. The molecule has 3 heteroatoms. The lowest BCUT2D eigenvalue weighted by molar-refractivity contribution is -0.137. The van der Waals surface area contributed by atoms with E-state index in [-0.39, 0.29) is 5.78 Å². The van der Waals surface area contributed by atoms with Gasteiger partial charge in [-0.05, 0) is 37.5 Å². The third kappa shape index (κ3) is 2.72. The molecule has 1 heterocycles. The van der Waals surface area contributed by atoms with Crippen LogP contribution in [0.1, 0.15) is 31.4 Å². The summed E-state index contributed by atoms with van der Waals surface area (Å²) in [4.78, 5) is 12.0. The topological polar surface area (TPSA) is 35.5 Å². The van der Waals surface area contributed by atoms with Gasteiger partial charge in [0.1, 0.15) is 11.4 Å². The zero-order valence-corrected chi connectivity index (χ0v) is 11.3. The maximum absolute atomic E-state index is 12.0. The molecule has 0 amide bonds. The largest absolute Gasteiger partial charge is 0.493 e. The van der Waals surface area contributed by atoms with Crippen molar-refractivity contribution in [3.8, 4) is 5.75 Å². The van der Waals surface area contributed by atoms with Gasteiger partial charge in [0.25, 0.3) is 0 Å². The van der Waals surface area contributed by atoms with E-state index in [1.807, 2.05) is 26.0 Å². The molecule has 1 aliphatic heterocycles. The van der Waals surface area contributed by atoms with Crippen molar-refractivity contribution < 1.29 is 14.3 Å². The van der Waals surface area contributed by atoms with E-state index in [1.165, 1.54) is 11.1 Å². The molecule has 0 N–H and O–H groups in total. The Labute approximate surface area is 108 Å². The molecule has 0 fully saturated rings. The second-order valence-electron chi connectivity index (χ2n) is 5.18. The average Bonchev–Trinajstić information content (AvgIpc) is 2.83. The van der Waals surface area contributed by atoms with Crippen molar-refractivity contribution in [2.75, 3.05) is 13.7 Å². The number of ether oxygens (including phenoxy) is 2. The minimum atomic E-state index is -0.681. The van der Waals surface area contributed by atoms with Crippen molar-refractivity contribution in [3.63, 3.8) is 0 Å². The molecule has 0 unspecified atom stereocenters. The van der Waals surface area contributed by atoms with E-state index in [2.05, 4.69) is 6.07 Å². The Morgan fingerprint density at radius 1 is 1.44 bits per heavy atom. The van der Waals surface area contributed by atoms with Crippen LogP contribution in [0.4, 0.5) is 0 Å². The van der Waals surface area contributed by atoms with Crippen molar-refractivity contribution in [1.82, 2.24) is 0 Å². The first-order chi connectivity index (χ1) is 8.53. The quantitative estimate of drug-likeness (QED) is 0.803. The fourth-order valence-corrected chi connectivity index (χ4v) is 2.07. The van der Waals surface area contributed by atoms with Crippen LogP contribution < -0.4 is 4.74 Å². The van der Waals surface area contributed by atoms with Crippen LogP contribution in [0.5, 0.6) is 5.75 Å². The zero-order valence-electron chi connectivity index (χ0n) is 11.3. The van der Waals surface area contributed by atoms with Crippen LogP contribution in [0.15, 0.2) is 18.2 Å². The van der Waals surface area contributed by atoms with E-state index >= 15 is 0 Å². The molecule has 0 atom stereocenters. The molecule has 98 valence electrons. The summed E-state index contributed by atoms with van der Waals surface area (Å²) in [7, 11) is 1.57. The number of rotatable bonds is 5. The number of ketones is 1. The molecule has 0 radical (unpaired) electrons. The third-order valence-corrected chi connectivity index (χ3v) is 3.58. The number of methoxy groups -OCH3 is 1. The monoisotopic (exact) mass is 248 g/mol. The Morgan fingerprint density at radius 2 is 2.22 bits per heavy atom. The van der Waals surface area contributed by atoms with Gasteiger partial charge >= 0.3 is 0 Å². The highest BCUT2D eigenvalue weighted by Crippen LogP contribution is 2.26. The van der Waals surface area contributed by atoms with E-state index in [1.54, 1.807) is 7.11 Å². The lowest BCUT2D eigenvalue weighted by atomic mass is 9.96. The minimum absolute atomic E-state index is 0.141. The Balaban J connectivity index is 1.97. The predicted molar refractivity (Wildman–Crippen MR) is 70.1 cm³/mol. The summed E-state index contributed by atoms with van der Waals surface area (Å²) in [5, 5.41) is 0. The first-order valence-electron chi connectivity index (χ1n) is 6.36. The van der Waals surface area contributed by atoms with Gasteiger partial charge in [-0.25, -0.2) is 0 Å². The van der Waals surface area contributed by atoms with Crippen LogP contribution in [0.25, 0.3) is 0 Å². The number of aryl methyl sites for hydroxylation is 1. The molecule has 18 heavy (non-hydrogen) atoms. The summed E-state index contributed by atoms with van der Waals surface area (Å²) in [6, 6.07) is 6.19. The molecular formula is C15H20O3. The summed E-state index contributed by atoms with van der Waals surface area (Å²) >= 11 is 0. The minimum Gasteiger partial charge on any atom is -0.493 e. The summed E-state index contributed by atoms with van der Waals surface area (Å²) < 4.78 is 10.7. The number of fused-ring (bicyclic) bond motifs is 1. The molecule has 0 saturated heterocycles. The van der Waals surface area contributed by atoms with Gasteiger partial charge < -0.3 is 9.47 Å². The number of benzene rings is 1. The van der Waals surface area contributed by atoms with Crippen molar-refractivity contribution in [1.29, 1.82) is 0 Å². The van der Waals surface area contributed by atoms with Crippen molar-refractivity contribution in [2.45, 2.75) is 38.7 Å². The molecule has 0 spiro atoms. The highest BCUT2D eigenvalue weighted by molar-refractivity contribution is 5.86. The van der Waals surface area contributed by atoms with E-state index in [9.17, 15) is 4.79 Å². The molecule has 0 aliphatic carbocycles. The molecule has 1 aliphatic rings. The van der Waals surface area contributed by atoms with E-state index in [0.29, 0.717) is 6.42 Å². The van der Waals surface area contributed by atoms with Gasteiger partial charge in [-0.15, -0.1) is 0 Å². The molecule has 0 bridgehead atoms. The molecule has 1 aromatic rings. The molecule has 0 saturated carbocycles. The lowest BCUT2D eigenvalue weighted by Gasteiger charge is -2.21. The third-order valence-electron chi connectivity index (χ3n) is 3.58. The van der Waals surface area contributed by atoms with Crippen LogP contribution in [0.3, 0.4) is 0 Å². The Hall–Kier alpha value is -1.35. The Morgan fingerprint density at radius 3 is 2.94 bits per heavy atom. The van der Waals surface area contributed by atoms with Crippen LogP contribution in [-0.4, -0.2) is 25.1 Å². The van der Waals surface area contributed by atoms with Crippen LogP contribution in [0, 0.1) is 0 Å². The van der Waals surface area contributed by atoms with Crippen molar-refractivity contribution >= 4 is 5.78 Å². The van der Waals surface area contributed by atoms with Gasteiger partial charge in [0.05, 0.1) is 6.61 Å². The van der Waals surface area contributed by atoms with Gasteiger partial charge in [0.15, 0.2) is 5.78 Å². The summed E-state index contributed by atoms with van der Waals surface area (Å²) in [6.45, 7) is 4.39.